The number of sulfonamides is 1. The molecule has 0 aromatic rings. The molecule has 6 heteroatoms. The summed E-state index contributed by atoms with van der Waals surface area (Å²) in [7, 11) is -1.22. The molecule has 0 bridgehead atoms. The van der Waals surface area contributed by atoms with Gasteiger partial charge in [0, 0.05) is 13.2 Å². The highest BCUT2D eigenvalue weighted by molar-refractivity contribution is 7.89. The molecule has 1 heterocycles. The zero-order valence-electron chi connectivity index (χ0n) is 10.6. The number of unbranched alkanes of at least 4 members (excludes halogenated alkanes) is 1. The molecule has 0 saturated carbocycles. The van der Waals surface area contributed by atoms with E-state index in [2.05, 4.69) is 10.0 Å². The lowest BCUT2D eigenvalue weighted by Gasteiger charge is -2.10. The number of nitrogens with one attached hydrogen (secondary N) is 2. The standard InChI is InChI=1S/C11H24N2O3S/c1-12-7-2-3-10-17(14,15)13-8-6-11-5-4-9-16-11/h11-13H,2-10H2,1H3. The predicted octanol–water partition coefficient (Wildman–Crippen LogP) is 0.475. The molecule has 0 radical (unpaired) electrons. The van der Waals surface area contributed by atoms with E-state index in [1.807, 2.05) is 7.05 Å². The van der Waals surface area contributed by atoms with E-state index in [4.69, 9.17) is 4.74 Å². The molecule has 1 atom stereocenters. The van der Waals surface area contributed by atoms with E-state index in [1.54, 1.807) is 0 Å². The molecule has 1 fully saturated rings. The summed E-state index contributed by atoms with van der Waals surface area (Å²) in [6.45, 7) is 2.19. The highest BCUT2D eigenvalue weighted by Gasteiger charge is 2.16. The summed E-state index contributed by atoms with van der Waals surface area (Å²) in [6.07, 6.45) is 4.79. The molecular formula is C11H24N2O3S. The maximum absolute atomic E-state index is 11.6. The average Bonchev–Trinajstić information content (AvgIpc) is 2.77. The minimum absolute atomic E-state index is 0.222. The summed E-state index contributed by atoms with van der Waals surface area (Å²) in [4.78, 5) is 0. The molecule has 1 rings (SSSR count). The molecule has 1 aliphatic rings. The Bertz CT molecular complexity index is 287. The summed E-state index contributed by atoms with van der Waals surface area (Å²) in [6, 6.07) is 0. The van der Waals surface area contributed by atoms with Crippen LogP contribution in [0, 0.1) is 0 Å². The summed E-state index contributed by atoms with van der Waals surface area (Å²) >= 11 is 0. The molecule has 0 spiro atoms. The van der Waals surface area contributed by atoms with Gasteiger partial charge in [-0.1, -0.05) is 0 Å². The maximum Gasteiger partial charge on any atom is 0.211 e. The first-order valence-electron chi connectivity index (χ1n) is 6.37. The summed E-state index contributed by atoms with van der Waals surface area (Å²) in [5.41, 5.74) is 0. The van der Waals surface area contributed by atoms with Crippen molar-refractivity contribution in [1.29, 1.82) is 0 Å². The molecule has 1 saturated heterocycles. The van der Waals surface area contributed by atoms with Crippen molar-refractivity contribution in [2.75, 3.05) is 32.5 Å². The van der Waals surface area contributed by atoms with Crippen molar-refractivity contribution >= 4 is 10.0 Å². The van der Waals surface area contributed by atoms with Gasteiger partial charge in [-0.05, 0) is 45.7 Å². The minimum Gasteiger partial charge on any atom is -0.378 e. The fourth-order valence-corrected chi connectivity index (χ4v) is 3.07. The van der Waals surface area contributed by atoms with Crippen molar-refractivity contribution in [3.05, 3.63) is 0 Å². The van der Waals surface area contributed by atoms with E-state index in [0.717, 1.165) is 38.8 Å². The van der Waals surface area contributed by atoms with Gasteiger partial charge < -0.3 is 10.1 Å². The van der Waals surface area contributed by atoms with Gasteiger partial charge in [0.2, 0.25) is 10.0 Å². The topological polar surface area (TPSA) is 67.4 Å². The van der Waals surface area contributed by atoms with Gasteiger partial charge in [0.15, 0.2) is 0 Å². The SMILES string of the molecule is CNCCCCS(=O)(=O)NCCC1CCCO1. The predicted molar refractivity (Wildman–Crippen MR) is 68.5 cm³/mol. The van der Waals surface area contributed by atoms with Crippen molar-refractivity contribution in [2.45, 2.75) is 38.2 Å². The Kier molecular flexibility index (Phi) is 7.03. The highest BCUT2D eigenvalue weighted by Crippen LogP contribution is 2.14. The van der Waals surface area contributed by atoms with Crippen LogP contribution in [0.15, 0.2) is 0 Å². The van der Waals surface area contributed by atoms with Gasteiger partial charge in [-0.25, -0.2) is 13.1 Å². The van der Waals surface area contributed by atoms with Crippen molar-refractivity contribution in [3.8, 4) is 0 Å². The first-order chi connectivity index (χ1) is 8.14. The lowest BCUT2D eigenvalue weighted by atomic mass is 10.2. The van der Waals surface area contributed by atoms with Crippen LogP contribution >= 0.6 is 0 Å². The third kappa shape index (κ3) is 6.98. The van der Waals surface area contributed by atoms with Gasteiger partial charge in [0.05, 0.1) is 11.9 Å². The molecule has 17 heavy (non-hydrogen) atoms. The van der Waals surface area contributed by atoms with Crippen LogP contribution in [0.1, 0.15) is 32.1 Å². The van der Waals surface area contributed by atoms with E-state index in [0.29, 0.717) is 13.0 Å². The molecule has 102 valence electrons. The Hall–Kier alpha value is -0.170. The van der Waals surface area contributed by atoms with Crippen LogP contribution in [0.2, 0.25) is 0 Å². The monoisotopic (exact) mass is 264 g/mol. The fourth-order valence-electron chi connectivity index (χ4n) is 1.91. The Morgan fingerprint density at radius 3 is 2.76 bits per heavy atom. The van der Waals surface area contributed by atoms with Crippen molar-refractivity contribution < 1.29 is 13.2 Å². The molecule has 0 aliphatic carbocycles. The normalized spacial score (nSPS) is 20.9. The van der Waals surface area contributed by atoms with E-state index in [-0.39, 0.29) is 11.9 Å². The molecule has 0 aromatic heterocycles. The Morgan fingerprint density at radius 2 is 2.12 bits per heavy atom. The first-order valence-corrected chi connectivity index (χ1v) is 8.03. The third-order valence-electron chi connectivity index (χ3n) is 2.90. The first kappa shape index (κ1) is 14.9. The number of hydrogen-bond acceptors (Lipinski definition) is 4. The molecule has 1 aliphatic heterocycles. The van der Waals surface area contributed by atoms with E-state index in [9.17, 15) is 8.42 Å². The second-order valence-corrected chi connectivity index (χ2v) is 6.37. The van der Waals surface area contributed by atoms with Crippen LogP contribution in [0.4, 0.5) is 0 Å². The lowest BCUT2D eigenvalue weighted by molar-refractivity contribution is 0.105. The van der Waals surface area contributed by atoms with E-state index < -0.39 is 10.0 Å². The summed E-state index contributed by atoms with van der Waals surface area (Å²) in [5.74, 6) is 0.222. The molecule has 5 nitrogen and oxygen atoms in total. The summed E-state index contributed by atoms with van der Waals surface area (Å²) in [5, 5.41) is 3.00. The van der Waals surface area contributed by atoms with Crippen molar-refractivity contribution in [3.63, 3.8) is 0 Å². The quantitative estimate of drug-likeness (QED) is 0.594. The number of ether oxygens (including phenoxy) is 1. The smallest absolute Gasteiger partial charge is 0.211 e. The van der Waals surface area contributed by atoms with Crippen LogP contribution in [0.5, 0.6) is 0 Å². The highest BCUT2D eigenvalue weighted by atomic mass is 32.2. The molecule has 1 unspecified atom stereocenters. The number of hydrogen-bond donors (Lipinski definition) is 2. The van der Waals surface area contributed by atoms with Crippen LogP contribution in [-0.4, -0.2) is 47.0 Å². The molecular weight excluding hydrogens is 240 g/mol. The Balaban J connectivity index is 2.06. The van der Waals surface area contributed by atoms with E-state index >= 15 is 0 Å². The van der Waals surface area contributed by atoms with Crippen molar-refractivity contribution in [2.24, 2.45) is 0 Å². The van der Waals surface area contributed by atoms with Gasteiger partial charge in [-0.15, -0.1) is 0 Å². The Morgan fingerprint density at radius 1 is 1.29 bits per heavy atom. The zero-order valence-corrected chi connectivity index (χ0v) is 11.4. The van der Waals surface area contributed by atoms with Crippen LogP contribution < -0.4 is 10.0 Å². The average molecular weight is 264 g/mol. The van der Waals surface area contributed by atoms with Gasteiger partial charge >= 0.3 is 0 Å². The van der Waals surface area contributed by atoms with Gasteiger partial charge in [-0.3, -0.25) is 0 Å². The van der Waals surface area contributed by atoms with Crippen LogP contribution in [0.3, 0.4) is 0 Å². The van der Waals surface area contributed by atoms with Gasteiger partial charge in [0.1, 0.15) is 0 Å². The molecule has 0 amide bonds. The van der Waals surface area contributed by atoms with Gasteiger partial charge in [-0.2, -0.15) is 0 Å². The van der Waals surface area contributed by atoms with Gasteiger partial charge in [0.25, 0.3) is 0 Å². The largest absolute Gasteiger partial charge is 0.378 e. The number of rotatable bonds is 9. The molecule has 0 aromatic carbocycles. The molecule has 2 N–H and O–H groups in total. The second kappa shape index (κ2) is 8.02. The minimum atomic E-state index is -3.09. The maximum atomic E-state index is 11.6. The van der Waals surface area contributed by atoms with Crippen molar-refractivity contribution in [1.82, 2.24) is 10.0 Å². The van der Waals surface area contributed by atoms with Crippen LogP contribution in [0.25, 0.3) is 0 Å². The fraction of sp³-hybridized carbons (Fsp3) is 1.00. The zero-order chi connectivity index (χ0) is 12.6. The third-order valence-corrected chi connectivity index (χ3v) is 4.37. The summed E-state index contributed by atoms with van der Waals surface area (Å²) < 4.78 is 31.3. The Labute approximate surface area is 104 Å². The lowest BCUT2D eigenvalue weighted by Crippen LogP contribution is -2.29. The van der Waals surface area contributed by atoms with E-state index in [1.165, 1.54) is 0 Å². The second-order valence-electron chi connectivity index (χ2n) is 4.45. The van der Waals surface area contributed by atoms with Crippen LogP contribution in [-0.2, 0) is 14.8 Å².